The van der Waals surface area contributed by atoms with Gasteiger partial charge in [-0.1, -0.05) is 51.0 Å². The van der Waals surface area contributed by atoms with E-state index < -0.39 is 0 Å². The van der Waals surface area contributed by atoms with E-state index in [-0.39, 0.29) is 0 Å². The van der Waals surface area contributed by atoms with Crippen molar-refractivity contribution in [3.63, 3.8) is 0 Å². The first-order valence-electron chi connectivity index (χ1n) is 12.9. The maximum atomic E-state index is 2.41. The molecule has 6 aromatic rings. The van der Waals surface area contributed by atoms with Gasteiger partial charge in [-0.2, -0.15) is 0 Å². The fraction of sp³-hybridized carbons (Fsp3) is 0.312. The van der Waals surface area contributed by atoms with E-state index in [1.54, 1.807) is 0 Å². The quantitative estimate of drug-likeness (QED) is 0.226. The van der Waals surface area contributed by atoms with Crippen LogP contribution >= 0.6 is 0 Å². The third-order valence-electron chi connectivity index (χ3n) is 7.93. The number of benzene rings is 4. The van der Waals surface area contributed by atoms with Crippen LogP contribution in [0.5, 0.6) is 0 Å². The second-order valence-corrected chi connectivity index (χ2v) is 10.1. The molecule has 0 bridgehead atoms. The van der Waals surface area contributed by atoms with Gasteiger partial charge in [0.25, 0.3) is 0 Å². The number of aryl methyl sites for hydroxylation is 4. The summed E-state index contributed by atoms with van der Waals surface area (Å²) in [5.41, 5.74) is 5.55. The molecule has 0 N–H and O–H groups in total. The first-order chi connectivity index (χ1) is 16.6. The molecule has 0 fully saturated rings. The first kappa shape index (κ1) is 21.3. The summed E-state index contributed by atoms with van der Waals surface area (Å²) in [5, 5.41) is 10.8. The molecule has 2 heterocycles. The van der Waals surface area contributed by atoms with Gasteiger partial charge in [-0.15, -0.1) is 0 Å². The summed E-state index contributed by atoms with van der Waals surface area (Å²) in [6.45, 7) is 4.53. The Balaban J connectivity index is 1.58. The van der Waals surface area contributed by atoms with Gasteiger partial charge in [0.1, 0.15) is 0 Å². The third kappa shape index (κ3) is 3.23. The van der Waals surface area contributed by atoms with Crippen LogP contribution in [-0.2, 0) is 26.9 Å². The molecule has 0 radical (unpaired) electrons. The zero-order chi connectivity index (χ0) is 23.4. The smallest absolute Gasteiger partial charge is 0.0486 e. The standard InChI is InChI=1S/C32H34N2/c1-5-7-9-25-17-23-15-21-11-13-28-27(29(21)19-31(23)33(25)3)14-12-22-16-24-18-26(10-8-6-2)34(4)32(24)20-30(22)28/h11-20H,5-10H2,1-4H3. The predicted molar refractivity (Wildman–Crippen MR) is 149 cm³/mol. The highest BCUT2D eigenvalue weighted by Crippen LogP contribution is 2.36. The Kier molecular flexibility index (Phi) is 5.13. The summed E-state index contributed by atoms with van der Waals surface area (Å²) in [7, 11) is 4.45. The van der Waals surface area contributed by atoms with Crippen LogP contribution in [0.4, 0.5) is 0 Å². The topological polar surface area (TPSA) is 9.86 Å². The maximum Gasteiger partial charge on any atom is 0.0486 e. The minimum absolute atomic E-state index is 1.15. The Hall–Kier alpha value is -3.26. The van der Waals surface area contributed by atoms with E-state index in [0.29, 0.717) is 0 Å². The maximum absolute atomic E-state index is 2.41. The molecule has 172 valence electrons. The van der Waals surface area contributed by atoms with Gasteiger partial charge in [0.15, 0.2) is 0 Å². The number of unbranched alkanes of at least 4 members (excludes halogenated alkanes) is 2. The molecule has 34 heavy (non-hydrogen) atoms. The molecule has 2 heteroatoms. The number of fused-ring (bicyclic) bond motifs is 7. The van der Waals surface area contributed by atoms with Gasteiger partial charge >= 0.3 is 0 Å². The van der Waals surface area contributed by atoms with Crippen LogP contribution < -0.4 is 0 Å². The van der Waals surface area contributed by atoms with E-state index in [1.165, 1.54) is 91.2 Å². The van der Waals surface area contributed by atoms with E-state index in [0.717, 1.165) is 12.8 Å². The Labute approximate surface area is 201 Å². The monoisotopic (exact) mass is 446 g/mol. The van der Waals surface area contributed by atoms with Crippen molar-refractivity contribution in [1.29, 1.82) is 0 Å². The second-order valence-electron chi connectivity index (χ2n) is 10.1. The summed E-state index contributed by atoms with van der Waals surface area (Å²) in [5.74, 6) is 0. The fourth-order valence-electron chi connectivity index (χ4n) is 5.85. The zero-order valence-corrected chi connectivity index (χ0v) is 20.9. The van der Waals surface area contributed by atoms with Crippen molar-refractivity contribution in [2.24, 2.45) is 14.1 Å². The second kappa shape index (κ2) is 8.20. The van der Waals surface area contributed by atoms with Gasteiger partial charge in [-0.3, -0.25) is 0 Å². The lowest BCUT2D eigenvalue weighted by atomic mass is 9.95. The van der Waals surface area contributed by atoms with Crippen LogP contribution in [0.1, 0.15) is 50.9 Å². The van der Waals surface area contributed by atoms with Crippen LogP contribution in [0.25, 0.3) is 54.1 Å². The highest BCUT2D eigenvalue weighted by atomic mass is 14.9. The molecule has 0 aliphatic heterocycles. The number of hydrogen-bond donors (Lipinski definition) is 0. The van der Waals surface area contributed by atoms with Gasteiger partial charge < -0.3 is 9.13 Å². The molecule has 4 aromatic carbocycles. The van der Waals surface area contributed by atoms with Crippen molar-refractivity contribution in [3.8, 4) is 0 Å². The van der Waals surface area contributed by atoms with Crippen molar-refractivity contribution in [2.75, 3.05) is 0 Å². The molecule has 2 nitrogen and oxygen atoms in total. The van der Waals surface area contributed by atoms with E-state index in [9.17, 15) is 0 Å². The highest BCUT2D eigenvalue weighted by Gasteiger charge is 2.12. The average Bonchev–Trinajstić information content (AvgIpc) is 3.33. The fourth-order valence-corrected chi connectivity index (χ4v) is 5.85. The van der Waals surface area contributed by atoms with Gasteiger partial charge in [0.2, 0.25) is 0 Å². The third-order valence-corrected chi connectivity index (χ3v) is 7.93. The van der Waals surface area contributed by atoms with Gasteiger partial charge in [-0.25, -0.2) is 0 Å². The molecule has 0 aliphatic rings. The molecule has 0 amide bonds. The molecule has 0 saturated carbocycles. The van der Waals surface area contributed by atoms with Crippen LogP contribution in [0.2, 0.25) is 0 Å². The molecule has 6 rings (SSSR count). The predicted octanol–water partition coefficient (Wildman–Crippen LogP) is 8.81. The van der Waals surface area contributed by atoms with Crippen molar-refractivity contribution < 1.29 is 0 Å². The van der Waals surface area contributed by atoms with E-state index in [2.05, 4.69) is 97.7 Å². The van der Waals surface area contributed by atoms with Crippen molar-refractivity contribution >= 4 is 54.1 Å². The summed E-state index contributed by atoms with van der Waals surface area (Å²) >= 11 is 0. The molecule has 0 aliphatic carbocycles. The van der Waals surface area contributed by atoms with Gasteiger partial charge in [-0.05, 0) is 94.4 Å². The average molecular weight is 447 g/mol. The molecular formula is C32H34N2. The Morgan fingerprint density at radius 2 is 0.941 bits per heavy atom. The van der Waals surface area contributed by atoms with Crippen molar-refractivity contribution in [1.82, 2.24) is 9.13 Å². The number of aromatic nitrogens is 2. The van der Waals surface area contributed by atoms with E-state index >= 15 is 0 Å². The molecule has 0 unspecified atom stereocenters. The van der Waals surface area contributed by atoms with E-state index in [1.807, 2.05) is 0 Å². The SMILES string of the molecule is CCCCc1cc2cc3ccc4c5cc6c(cc(CCCC)n6C)cc5ccc4c3cc2n1C. The number of rotatable bonds is 6. The van der Waals surface area contributed by atoms with Crippen LogP contribution in [0.15, 0.2) is 60.7 Å². The lowest BCUT2D eigenvalue weighted by Crippen LogP contribution is -1.96. The summed E-state index contributed by atoms with van der Waals surface area (Å²) < 4.78 is 4.80. The largest absolute Gasteiger partial charge is 0.348 e. The van der Waals surface area contributed by atoms with E-state index in [4.69, 9.17) is 0 Å². The molecule has 2 aromatic heterocycles. The van der Waals surface area contributed by atoms with Crippen LogP contribution in [-0.4, -0.2) is 9.13 Å². The van der Waals surface area contributed by atoms with Gasteiger partial charge in [0.05, 0.1) is 0 Å². The number of nitrogens with zero attached hydrogens (tertiary/aromatic N) is 2. The lowest BCUT2D eigenvalue weighted by molar-refractivity contribution is 0.742. The Morgan fingerprint density at radius 3 is 1.35 bits per heavy atom. The minimum Gasteiger partial charge on any atom is -0.348 e. The molecule has 0 saturated heterocycles. The Morgan fingerprint density at radius 1 is 0.500 bits per heavy atom. The Bertz CT molecular complexity index is 1570. The van der Waals surface area contributed by atoms with Crippen LogP contribution in [0, 0.1) is 0 Å². The van der Waals surface area contributed by atoms with Crippen molar-refractivity contribution in [3.05, 3.63) is 72.1 Å². The van der Waals surface area contributed by atoms with Crippen molar-refractivity contribution in [2.45, 2.75) is 52.4 Å². The zero-order valence-electron chi connectivity index (χ0n) is 20.9. The first-order valence-corrected chi connectivity index (χ1v) is 12.9. The summed E-state index contributed by atoms with van der Waals surface area (Å²) in [4.78, 5) is 0. The lowest BCUT2D eigenvalue weighted by Gasteiger charge is -2.10. The minimum atomic E-state index is 1.15. The highest BCUT2D eigenvalue weighted by molar-refractivity contribution is 6.20. The number of hydrogen-bond acceptors (Lipinski definition) is 0. The van der Waals surface area contributed by atoms with Crippen LogP contribution in [0.3, 0.4) is 0 Å². The molecule has 0 atom stereocenters. The molecular weight excluding hydrogens is 412 g/mol. The normalized spacial score (nSPS) is 12.2. The molecule has 0 spiro atoms. The summed E-state index contributed by atoms with van der Waals surface area (Å²) in [6, 6.07) is 23.7. The van der Waals surface area contributed by atoms with Gasteiger partial charge in [0, 0.05) is 47.3 Å². The summed E-state index contributed by atoms with van der Waals surface area (Å²) in [6.07, 6.45) is 7.25.